The second-order valence-corrected chi connectivity index (χ2v) is 16.5. The summed E-state index contributed by atoms with van der Waals surface area (Å²) in [7, 11) is -4.70. The Kier molecular flexibility index (Phi) is 9.63. The third-order valence-corrected chi connectivity index (χ3v) is 8.80. The Balaban J connectivity index is 0.00000507. The van der Waals surface area contributed by atoms with E-state index in [-0.39, 0.29) is 57.1 Å². The van der Waals surface area contributed by atoms with Crippen LogP contribution in [0.15, 0.2) is 35.4 Å². The molecule has 0 N–H and O–H groups in total. The summed E-state index contributed by atoms with van der Waals surface area (Å²) in [5.74, 6) is 0.289. The van der Waals surface area contributed by atoms with E-state index < -0.39 is 13.4 Å². The van der Waals surface area contributed by atoms with Crippen molar-refractivity contribution < 1.29 is 48.1 Å². The van der Waals surface area contributed by atoms with E-state index in [9.17, 15) is 9.46 Å². The Labute approximate surface area is 255 Å². The molecule has 1 aliphatic heterocycles. The topological polar surface area (TPSA) is 58.6 Å². The molecule has 1 aromatic rings. The van der Waals surface area contributed by atoms with Crippen LogP contribution in [0.3, 0.4) is 0 Å². The summed E-state index contributed by atoms with van der Waals surface area (Å²) in [4.78, 5) is 13.7. The summed E-state index contributed by atoms with van der Waals surface area (Å²) in [6.45, 7) is 28.2. The summed E-state index contributed by atoms with van der Waals surface area (Å²) in [5, 5.41) is 0. The van der Waals surface area contributed by atoms with Crippen LogP contribution in [0.2, 0.25) is 0 Å². The van der Waals surface area contributed by atoms with E-state index >= 15 is 0 Å². The summed E-state index contributed by atoms with van der Waals surface area (Å²) in [6, 6.07) is 4.34. The summed E-state index contributed by atoms with van der Waals surface area (Å²) in [5.41, 5.74) is 3.46. The van der Waals surface area contributed by atoms with Gasteiger partial charge in [0.2, 0.25) is 0 Å². The molecule has 3 rings (SSSR count). The van der Waals surface area contributed by atoms with Crippen LogP contribution >= 0.6 is 7.82 Å². The van der Waals surface area contributed by atoms with Gasteiger partial charge in [0.1, 0.15) is 11.4 Å². The van der Waals surface area contributed by atoms with Gasteiger partial charge in [-0.1, -0.05) is 121 Å². The molecule has 1 aromatic carbocycles. The van der Waals surface area contributed by atoms with Crippen molar-refractivity contribution in [3.05, 3.63) is 52.1 Å². The fourth-order valence-electron chi connectivity index (χ4n) is 5.82. The monoisotopic (exact) mass is 552 g/mol. The molecule has 3 atom stereocenters. The number of phosphoric ester groups is 1. The van der Waals surface area contributed by atoms with Gasteiger partial charge in [-0.05, 0) is 44.8 Å². The molecule has 0 amide bonds. The van der Waals surface area contributed by atoms with Crippen molar-refractivity contribution >= 4 is 7.82 Å². The van der Waals surface area contributed by atoms with Crippen molar-refractivity contribution in [2.24, 2.45) is 10.8 Å². The zero-order valence-corrected chi connectivity index (χ0v) is 29.5. The van der Waals surface area contributed by atoms with Crippen molar-refractivity contribution in [3.63, 3.8) is 0 Å². The molecule has 0 fully saturated rings. The smallest absolute Gasteiger partial charge is 0.746 e. The molecular weight excluding hydrogens is 502 g/mol. The van der Waals surface area contributed by atoms with Crippen LogP contribution < -0.4 is 39.0 Å². The Bertz CT molecular complexity index is 1150. The fraction of sp³-hybridized carbons (Fsp3) is 0.688. The maximum absolute atomic E-state index is 13.7. The number of fused-ring (bicyclic) bond motifs is 1. The summed E-state index contributed by atoms with van der Waals surface area (Å²) in [6.07, 6.45) is 6.60. The Hall–Kier alpha value is -0.350. The van der Waals surface area contributed by atoms with Gasteiger partial charge in [0.05, 0.1) is 0 Å². The molecule has 1 heterocycles. The first kappa shape index (κ1) is 33.9. The SMILES string of the molecule is CCCC1c2cc(C(C)(C)C)cc(C(C)(C)C)c2OP(=O)([O-])OC12CC=C(C(C)(C)C)C=C2C(C)(C)C.[Na+]. The molecule has 4 nitrogen and oxygen atoms in total. The number of hydrogen-bond donors (Lipinski definition) is 0. The van der Waals surface area contributed by atoms with Gasteiger partial charge in [0.15, 0.2) is 0 Å². The van der Waals surface area contributed by atoms with Crippen molar-refractivity contribution in [2.45, 2.75) is 132 Å². The van der Waals surface area contributed by atoms with E-state index in [1.54, 1.807) is 0 Å². The molecule has 0 saturated carbocycles. The van der Waals surface area contributed by atoms with E-state index in [2.05, 4.69) is 114 Å². The average Bonchev–Trinajstić information content (AvgIpc) is 2.76. The van der Waals surface area contributed by atoms with Crippen molar-refractivity contribution in [1.29, 1.82) is 0 Å². The molecule has 6 heteroatoms. The van der Waals surface area contributed by atoms with E-state index in [1.165, 1.54) is 11.1 Å². The van der Waals surface area contributed by atoms with Crippen LogP contribution in [0, 0.1) is 10.8 Å². The Morgan fingerprint density at radius 1 is 0.921 bits per heavy atom. The van der Waals surface area contributed by atoms with Crippen LogP contribution in [-0.4, -0.2) is 5.60 Å². The zero-order valence-electron chi connectivity index (χ0n) is 26.6. The molecule has 0 bridgehead atoms. The third-order valence-electron chi connectivity index (χ3n) is 7.84. The minimum absolute atomic E-state index is 0. The fourth-order valence-corrected chi connectivity index (χ4v) is 6.99. The van der Waals surface area contributed by atoms with E-state index in [0.29, 0.717) is 12.2 Å². The van der Waals surface area contributed by atoms with E-state index in [0.717, 1.165) is 29.5 Å². The van der Waals surface area contributed by atoms with Crippen LogP contribution in [0.25, 0.3) is 0 Å². The second-order valence-electron chi connectivity index (χ2n) is 15.2. The maximum atomic E-state index is 13.7. The van der Waals surface area contributed by atoms with Gasteiger partial charge >= 0.3 is 37.4 Å². The van der Waals surface area contributed by atoms with Gasteiger partial charge < -0.3 is 9.42 Å². The Morgan fingerprint density at radius 2 is 1.50 bits per heavy atom. The molecular formula is C32H50NaO4P. The predicted molar refractivity (Wildman–Crippen MR) is 153 cm³/mol. The van der Waals surface area contributed by atoms with Crippen LogP contribution in [0.1, 0.15) is 132 Å². The largest absolute Gasteiger partial charge is 1.00 e. The second kappa shape index (κ2) is 10.8. The van der Waals surface area contributed by atoms with Gasteiger partial charge in [-0.2, -0.15) is 0 Å². The van der Waals surface area contributed by atoms with Gasteiger partial charge in [0.25, 0.3) is 0 Å². The molecule has 0 radical (unpaired) electrons. The first-order valence-electron chi connectivity index (χ1n) is 13.9. The molecule has 0 aromatic heterocycles. The molecule has 3 unspecified atom stereocenters. The van der Waals surface area contributed by atoms with Crippen molar-refractivity contribution in [3.8, 4) is 5.75 Å². The molecule has 0 saturated heterocycles. The maximum Gasteiger partial charge on any atom is 1.00 e. The van der Waals surface area contributed by atoms with Crippen LogP contribution in [-0.2, 0) is 19.9 Å². The number of allylic oxidation sites excluding steroid dienone is 2. The zero-order chi connectivity index (χ0) is 28.4. The van der Waals surface area contributed by atoms with Gasteiger partial charge in [-0.3, -0.25) is 9.09 Å². The predicted octanol–water partition coefficient (Wildman–Crippen LogP) is 6.13. The van der Waals surface area contributed by atoms with Crippen LogP contribution in [0.5, 0.6) is 5.75 Å². The average molecular weight is 553 g/mol. The summed E-state index contributed by atoms with van der Waals surface area (Å²) >= 11 is 0. The van der Waals surface area contributed by atoms with Crippen LogP contribution in [0.4, 0.5) is 0 Å². The number of benzene rings is 1. The molecule has 1 spiro atoms. The van der Waals surface area contributed by atoms with Gasteiger partial charge in [0, 0.05) is 23.5 Å². The molecule has 38 heavy (non-hydrogen) atoms. The number of phosphoric acid groups is 1. The minimum Gasteiger partial charge on any atom is -0.746 e. The quantitative estimate of drug-likeness (QED) is 0.327. The molecule has 2 aliphatic rings. The number of hydrogen-bond acceptors (Lipinski definition) is 4. The normalized spacial score (nSPS) is 26.5. The Morgan fingerprint density at radius 3 is 1.95 bits per heavy atom. The first-order valence-corrected chi connectivity index (χ1v) is 15.3. The first-order chi connectivity index (χ1) is 16.5. The molecule has 208 valence electrons. The third kappa shape index (κ3) is 6.75. The minimum atomic E-state index is -4.70. The van der Waals surface area contributed by atoms with E-state index in [1.807, 2.05) is 0 Å². The van der Waals surface area contributed by atoms with Gasteiger partial charge in [-0.25, -0.2) is 0 Å². The van der Waals surface area contributed by atoms with Gasteiger partial charge in [-0.15, -0.1) is 0 Å². The summed E-state index contributed by atoms with van der Waals surface area (Å²) < 4.78 is 26.0. The van der Waals surface area contributed by atoms with Crippen molar-refractivity contribution in [2.75, 3.05) is 0 Å². The standard InChI is InChI=1S/C32H51O4P.Na/c1-14-15-24-23-18-22(29(5,6)7)19-25(30(8,9)10)27(23)35-37(33,34)36-32(24)17-16-21(28(2,3)4)20-26(32)31(11,12)13;/h16,18-20,24H,14-15,17H2,1-13H3,(H,33,34);/q;+1/p-1. The number of rotatable bonds is 2. The van der Waals surface area contributed by atoms with Crippen molar-refractivity contribution in [1.82, 2.24) is 0 Å². The van der Waals surface area contributed by atoms with E-state index in [4.69, 9.17) is 9.05 Å². The molecule has 1 aliphatic carbocycles.